The van der Waals surface area contributed by atoms with Crippen LogP contribution in [0.3, 0.4) is 0 Å². The van der Waals surface area contributed by atoms with E-state index in [0.29, 0.717) is 25.7 Å². The summed E-state index contributed by atoms with van der Waals surface area (Å²) < 4.78 is 61.0. The van der Waals surface area contributed by atoms with Crippen LogP contribution in [0.2, 0.25) is 0 Å². The molecular formula is C89H140O16P2. The zero-order valence-corrected chi connectivity index (χ0v) is 67.5. The van der Waals surface area contributed by atoms with E-state index in [1.165, 1.54) is 44.9 Å². The predicted molar refractivity (Wildman–Crippen MR) is 444 cm³/mol. The molecule has 0 spiro atoms. The fourth-order valence-electron chi connectivity index (χ4n) is 9.72. The fraction of sp³-hybridized carbons (Fsp3) is 0.562. The molecule has 0 aromatic heterocycles. The smallest absolute Gasteiger partial charge is 0.463 e. The lowest BCUT2D eigenvalue weighted by Crippen LogP contribution is -2.29. The molecule has 0 bridgehead atoms. The third kappa shape index (κ3) is 80.7. The number of unbranched alkanes of at least 4 members (excludes halogenated alkanes) is 14. The SMILES string of the molecule is CC/C=C\C/C=C\C/C=C\C/C=C\C/C=C\C/C=C\CCCCCCCCCCCCCCC(=O)OCC(O)COP(=O)(O)OCC(O)COP(=O)(O)OCC(COC(=O)CCCC/C=C\C/C=C\C/C=C\C/C=C\C/C=C\C/C=C\CC)OC(=O)CC/C=C\C/C=C\C/C=C\C/C=C\C/C=C\C/C=C\CC. The maximum absolute atomic E-state index is 13.0. The lowest BCUT2D eigenvalue weighted by Gasteiger charge is -2.21. The number of phosphoric acid groups is 2. The van der Waals surface area contributed by atoms with Crippen LogP contribution in [0, 0.1) is 0 Å². The average molecular weight is 1530 g/mol. The first-order valence-corrected chi connectivity index (χ1v) is 43.0. The highest BCUT2D eigenvalue weighted by Gasteiger charge is 2.29. The van der Waals surface area contributed by atoms with Crippen molar-refractivity contribution in [3.8, 4) is 0 Å². The van der Waals surface area contributed by atoms with E-state index in [1.807, 2.05) is 18.2 Å². The molecule has 0 radical (unpaired) electrons. The van der Waals surface area contributed by atoms with Crippen molar-refractivity contribution in [3.63, 3.8) is 0 Å². The van der Waals surface area contributed by atoms with E-state index in [9.17, 15) is 43.5 Å². The molecule has 0 saturated heterocycles. The molecule has 0 aromatic rings. The van der Waals surface area contributed by atoms with Gasteiger partial charge >= 0.3 is 33.6 Å². The molecular weight excluding hydrogens is 1390 g/mol. The highest BCUT2D eigenvalue weighted by Crippen LogP contribution is 2.45. The maximum atomic E-state index is 13.0. The molecule has 0 aliphatic heterocycles. The van der Waals surface area contributed by atoms with Crippen molar-refractivity contribution in [2.75, 3.05) is 39.6 Å². The summed E-state index contributed by atoms with van der Waals surface area (Å²) in [7, 11) is -9.85. The number of carbonyl (C=O) groups excluding carboxylic acids is 3. The molecule has 5 atom stereocenters. The first kappa shape index (κ1) is 101. The van der Waals surface area contributed by atoms with Crippen LogP contribution < -0.4 is 0 Å². The number of aliphatic hydroxyl groups is 2. The lowest BCUT2D eigenvalue weighted by molar-refractivity contribution is -0.161. The largest absolute Gasteiger partial charge is 0.472 e. The molecule has 0 heterocycles. The zero-order valence-electron chi connectivity index (χ0n) is 65.7. The van der Waals surface area contributed by atoms with Crippen molar-refractivity contribution in [2.45, 2.75) is 283 Å². The summed E-state index contributed by atoms with van der Waals surface area (Å²) >= 11 is 0. The number of hydrogen-bond donors (Lipinski definition) is 4. The molecule has 0 aliphatic carbocycles. The quantitative estimate of drug-likeness (QED) is 0.0146. The van der Waals surface area contributed by atoms with Gasteiger partial charge in [0.05, 0.1) is 26.4 Å². The molecule has 0 saturated carbocycles. The average Bonchev–Trinajstić information content (AvgIpc) is 0.906. The first-order chi connectivity index (χ1) is 52.2. The second kappa shape index (κ2) is 79.4. The van der Waals surface area contributed by atoms with Gasteiger partial charge in [-0.1, -0.05) is 304 Å². The van der Waals surface area contributed by atoms with Gasteiger partial charge in [0.2, 0.25) is 0 Å². The molecule has 0 aromatic carbocycles. The Morgan fingerprint density at radius 2 is 0.486 bits per heavy atom. The number of carbonyl (C=O) groups is 3. The molecule has 16 nitrogen and oxygen atoms in total. The number of allylic oxidation sites excluding steroid dienone is 36. The topological polar surface area (TPSA) is 231 Å². The van der Waals surface area contributed by atoms with E-state index in [0.717, 1.165) is 154 Å². The van der Waals surface area contributed by atoms with Crippen LogP contribution in [-0.2, 0) is 55.8 Å². The third-order valence-corrected chi connectivity index (χ3v) is 17.6. The Bertz CT molecular complexity index is 2820. The number of hydrogen-bond acceptors (Lipinski definition) is 14. The summed E-state index contributed by atoms with van der Waals surface area (Å²) in [5, 5.41) is 20.7. The van der Waals surface area contributed by atoms with Crippen molar-refractivity contribution in [3.05, 3.63) is 219 Å². The van der Waals surface area contributed by atoms with E-state index in [1.54, 1.807) is 0 Å². The minimum Gasteiger partial charge on any atom is -0.463 e. The first-order valence-electron chi connectivity index (χ1n) is 40.0. The Morgan fingerprint density at radius 3 is 0.794 bits per heavy atom. The van der Waals surface area contributed by atoms with Gasteiger partial charge in [0.15, 0.2) is 6.10 Å². The molecule has 0 rings (SSSR count). The van der Waals surface area contributed by atoms with Crippen LogP contribution in [0.25, 0.3) is 0 Å². The van der Waals surface area contributed by atoms with Gasteiger partial charge in [-0.3, -0.25) is 32.5 Å². The van der Waals surface area contributed by atoms with E-state index >= 15 is 0 Å². The fourth-order valence-corrected chi connectivity index (χ4v) is 11.3. The summed E-state index contributed by atoms with van der Waals surface area (Å²) in [6, 6.07) is 0. The molecule has 0 aliphatic rings. The van der Waals surface area contributed by atoms with E-state index < -0.39 is 91.5 Å². The Balaban J connectivity index is 4.68. The number of aliphatic hydroxyl groups excluding tert-OH is 2. The molecule has 107 heavy (non-hydrogen) atoms. The van der Waals surface area contributed by atoms with Crippen LogP contribution in [0.1, 0.15) is 265 Å². The predicted octanol–water partition coefficient (Wildman–Crippen LogP) is 23.9. The van der Waals surface area contributed by atoms with Crippen LogP contribution in [0.4, 0.5) is 0 Å². The summed E-state index contributed by atoms with van der Waals surface area (Å²) in [6.07, 6.45) is 107. The Labute approximate surface area is 647 Å². The minimum atomic E-state index is -4.97. The van der Waals surface area contributed by atoms with Gasteiger partial charge < -0.3 is 34.2 Å². The summed E-state index contributed by atoms with van der Waals surface area (Å²) in [4.78, 5) is 58.6. The summed E-state index contributed by atoms with van der Waals surface area (Å²) in [5.74, 6) is -1.75. The second-order valence-electron chi connectivity index (χ2n) is 25.7. The maximum Gasteiger partial charge on any atom is 0.472 e. The standard InChI is InChI=1S/C89H140O16P2/c1-4-7-10-13-16-19-22-25-28-31-34-36-37-38-39-40-41-42-43-44-45-47-50-51-54-57-60-63-66-69-72-75-87(92)99-78-84(90)79-101-106(95,96)102-80-85(91)81-103-107(97,98)104-83-86(105-89(94)77-74-71-68-65-62-59-56-53-48-33-30-27-24-21-18-15-12-9-6-3)82-100-88(93)76-73-70-67-64-61-58-55-52-49-46-35-32-29-26-23-20-17-14-11-8-5-2/h7-12,16-21,25-30,34-36,38-39,41-42,46,48,52-53,55,59,61-62,64,68,71,84-86,90-91H,4-6,13-15,22-24,31-33,37,40,43-45,47,49-51,54,56-58,60,63,65-67,69-70,72-83H2,1-3H3,(H,95,96)(H,97,98)/b10-7-,11-8-,12-9-,19-16-,20-17-,21-18-,28-25-,29-26-,30-27-,36-34-,39-38-,42-41-,46-35-,53-48-,55-52-,62-59-,64-61-,71-68-. The highest BCUT2D eigenvalue weighted by molar-refractivity contribution is 7.47. The molecule has 18 heteroatoms. The van der Waals surface area contributed by atoms with Crippen molar-refractivity contribution in [2.24, 2.45) is 0 Å². The Hall–Kier alpha value is -6.13. The number of phosphoric ester groups is 2. The minimum absolute atomic E-state index is 0.0399. The van der Waals surface area contributed by atoms with E-state index in [-0.39, 0.29) is 19.3 Å². The number of rotatable bonds is 73. The van der Waals surface area contributed by atoms with Gasteiger partial charge in [-0.25, -0.2) is 9.13 Å². The van der Waals surface area contributed by atoms with E-state index in [4.69, 9.17) is 32.3 Å². The van der Waals surface area contributed by atoms with Gasteiger partial charge in [0, 0.05) is 19.3 Å². The molecule has 0 amide bonds. The van der Waals surface area contributed by atoms with Crippen LogP contribution in [0.15, 0.2) is 219 Å². The lowest BCUT2D eigenvalue weighted by atomic mass is 10.0. The highest BCUT2D eigenvalue weighted by atomic mass is 31.2. The van der Waals surface area contributed by atoms with Gasteiger partial charge in [0.25, 0.3) is 0 Å². The Kier molecular flexibility index (Phi) is 74.9. The second-order valence-corrected chi connectivity index (χ2v) is 28.6. The van der Waals surface area contributed by atoms with Crippen LogP contribution in [0.5, 0.6) is 0 Å². The van der Waals surface area contributed by atoms with Gasteiger partial charge in [-0.2, -0.15) is 0 Å². The molecule has 602 valence electrons. The molecule has 4 N–H and O–H groups in total. The number of ether oxygens (including phenoxy) is 3. The van der Waals surface area contributed by atoms with E-state index in [2.05, 4.69) is 221 Å². The summed E-state index contributed by atoms with van der Waals surface area (Å²) in [6.45, 7) is 2.16. The van der Waals surface area contributed by atoms with Gasteiger partial charge in [-0.05, 0) is 161 Å². The summed E-state index contributed by atoms with van der Waals surface area (Å²) in [5.41, 5.74) is 0. The van der Waals surface area contributed by atoms with Gasteiger partial charge in [0.1, 0.15) is 25.4 Å². The zero-order chi connectivity index (χ0) is 78.0. The normalized spacial score (nSPS) is 15.1. The van der Waals surface area contributed by atoms with Crippen molar-refractivity contribution < 1.29 is 75.8 Å². The van der Waals surface area contributed by atoms with Crippen molar-refractivity contribution in [1.82, 2.24) is 0 Å². The Morgan fingerprint density at radius 1 is 0.262 bits per heavy atom. The number of esters is 3. The third-order valence-electron chi connectivity index (χ3n) is 15.7. The molecule has 5 unspecified atom stereocenters. The van der Waals surface area contributed by atoms with Crippen LogP contribution >= 0.6 is 15.6 Å². The van der Waals surface area contributed by atoms with Gasteiger partial charge in [-0.15, -0.1) is 0 Å². The van der Waals surface area contributed by atoms with Crippen molar-refractivity contribution >= 4 is 33.6 Å². The van der Waals surface area contributed by atoms with Crippen LogP contribution in [-0.4, -0.2) is 95.9 Å². The monoisotopic (exact) mass is 1530 g/mol. The van der Waals surface area contributed by atoms with Crippen molar-refractivity contribution in [1.29, 1.82) is 0 Å². The molecule has 0 fully saturated rings.